The van der Waals surface area contributed by atoms with Crippen molar-refractivity contribution in [3.05, 3.63) is 42.0 Å². The van der Waals surface area contributed by atoms with Crippen molar-refractivity contribution >= 4 is 39.0 Å². The number of nitrogens with two attached hydrogens (primary N) is 1. The molecular formula is C17H15N3O2S2. The molecule has 0 atom stereocenters. The number of benzene rings is 1. The quantitative estimate of drug-likeness (QED) is 0.673. The number of fused-ring (bicyclic) bond motifs is 1. The van der Waals surface area contributed by atoms with E-state index in [9.17, 15) is 0 Å². The standard InChI is InChI=1S/C17H15N3O2S2/c1-21-6-7-22-16-9-14(23-17-5-4-15(19)24-17)12-8-11(10-18)2-3-13(12)20-16/h2-5,8-9H,6-7,19H2,1H3. The minimum atomic E-state index is 0.432. The number of nitriles is 1. The molecule has 0 aliphatic carbocycles. The van der Waals surface area contributed by atoms with Gasteiger partial charge in [0.15, 0.2) is 0 Å². The van der Waals surface area contributed by atoms with E-state index in [4.69, 9.17) is 20.5 Å². The Bertz CT molecular complexity index is 902. The maximum atomic E-state index is 9.15. The average molecular weight is 357 g/mol. The lowest BCUT2D eigenvalue weighted by molar-refractivity contribution is 0.144. The van der Waals surface area contributed by atoms with Gasteiger partial charge in [-0.3, -0.25) is 0 Å². The van der Waals surface area contributed by atoms with Crippen LogP contribution in [0.3, 0.4) is 0 Å². The lowest BCUT2D eigenvalue weighted by Gasteiger charge is -2.10. The molecule has 0 fully saturated rings. The van der Waals surface area contributed by atoms with Gasteiger partial charge in [-0.1, -0.05) is 11.8 Å². The van der Waals surface area contributed by atoms with Gasteiger partial charge in [-0.15, -0.1) is 11.3 Å². The van der Waals surface area contributed by atoms with Gasteiger partial charge in [0.1, 0.15) is 6.61 Å². The average Bonchev–Trinajstić information content (AvgIpc) is 3.00. The second-order valence-electron chi connectivity index (χ2n) is 4.90. The number of hydrogen-bond acceptors (Lipinski definition) is 7. The summed E-state index contributed by atoms with van der Waals surface area (Å²) in [6, 6.07) is 13.4. The van der Waals surface area contributed by atoms with Gasteiger partial charge in [-0.2, -0.15) is 5.26 Å². The Morgan fingerprint density at radius 2 is 2.12 bits per heavy atom. The Morgan fingerprint density at radius 1 is 1.25 bits per heavy atom. The van der Waals surface area contributed by atoms with Crippen LogP contribution < -0.4 is 10.5 Å². The highest BCUT2D eigenvalue weighted by atomic mass is 32.2. The number of ether oxygens (including phenoxy) is 2. The summed E-state index contributed by atoms with van der Waals surface area (Å²) >= 11 is 3.11. The first-order valence-corrected chi connectivity index (χ1v) is 8.82. The van der Waals surface area contributed by atoms with Crippen molar-refractivity contribution in [3.63, 3.8) is 0 Å². The maximum Gasteiger partial charge on any atom is 0.215 e. The molecule has 2 N–H and O–H groups in total. The molecule has 0 bridgehead atoms. The summed E-state index contributed by atoms with van der Waals surface area (Å²) in [5, 5.41) is 10.8. The fourth-order valence-electron chi connectivity index (χ4n) is 2.13. The fourth-order valence-corrected chi connectivity index (χ4v) is 4.14. The third-order valence-corrected chi connectivity index (χ3v) is 5.33. The topological polar surface area (TPSA) is 81.2 Å². The predicted molar refractivity (Wildman–Crippen MR) is 96.7 cm³/mol. The molecule has 24 heavy (non-hydrogen) atoms. The van der Waals surface area contributed by atoms with Crippen molar-refractivity contribution in [1.29, 1.82) is 5.26 Å². The molecule has 1 aromatic carbocycles. The summed E-state index contributed by atoms with van der Waals surface area (Å²) < 4.78 is 11.7. The third-order valence-electron chi connectivity index (χ3n) is 3.23. The number of anilines is 1. The molecule has 0 radical (unpaired) electrons. The highest BCUT2D eigenvalue weighted by Crippen LogP contribution is 2.39. The van der Waals surface area contributed by atoms with Crippen LogP contribution in [0.4, 0.5) is 5.00 Å². The molecule has 0 saturated heterocycles. The van der Waals surface area contributed by atoms with Crippen LogP contribution in [0.15, 0.2) is 45.5 Å². The molecule has 0 unspecified atom stereocenters. The molecule has 7 heteroatoms. The summed E-state index contributed by atoms with van der Waals surface area (Å²) in [4.78, 5) is 5.49. The zero-order valence-electron chi connectivity index (χ0n) is 13.0. The summed E-state index contributed by atoms with van der Waals surface area (Å²) in [6.07, 6.45) is 0. The normalized spacial score (nSPS) is 10.7. The van der Waals surface area contributed by atoms with Gasteiger partial charge in [-0.25, -0.2) is 4.98 Å². The van der Waals surface area contributed by atoms with Gasteiger partial charge in [-0.05, 0) is 30.3 Å². The molecule has 0 saturated carbocycles. The van der Waals surface area contributed by atoms with Gasteiger partial charge >= 0.3 is 0 Å². The molecule has 122 valence electrons. The van der Waals surface area contributed by atoms with Crippen molar-refractivity contribution in [1.82, 2.24) is 4.98 Å². The van der Waals surface area contributed by atoms with E-state index in [2.05, 4.69) is 11.1 Å². The minimum absolute atomic E-state index is 0.432. The van der Waals surface area contributed by atoms with Crippen molar-refractivity contribution in [3.8, 4) is 11.9 Å². The molecule has 0 amide bonds. The first-order chi connectivity index (χ1) is 11.7. The first kappa shape index (κ1) is 16.6. The highest BCUT2D eigenvalue weighted by molar-refractivity contribution is 8.01. The van der Waals surface area contributed by atoms with Crippen LogP contribution in [0.5, 0.6) is 5.88 Å². The molecule has 5 nitrogen and oxygen atoms in total. The molecule has 0 aliphatic heterocycles. The monoisotopic (exact) mass is 357 g/mol. The van der Waals surface area contributed by atoms with Crippen molar-refractivity contribution in [2.45, 2.75) is 9.10 Å². The summed E-state index contributed by atoms with van der Waals surface area (Å²) in [5.74, 6) is 0.538. The Morgan fingerprint density at radius 3 is 2.83 bits per heavy atom. The van der Waals surface area contributed by atoms with Crippen LogP contribution in [-0.4, -0.2) is 25.3 Å². The zero-order valence-corrected chi connectivity index (χ0v) is 14.6. The van der Waals surface area contributed by atoms with Crippen LogP contribution >= 0.6 is 23.1 Å². The van der Waals surface area contributed by atoms with Gasteiger partial charge in [0, 0.05) is 23.5 Å². The molecule has 2 aromatic heterocycles. The van der Waals surface area contributed by atoms with Crippen LogP contribution in [-0.2, 0) is 4.74 Å². The number of rotatable bonds is 6. The largest absolute Gasteiger partial charge is 0.475 e. The van der Waals surface area contributed by atoms with E-state index >= 15 is 0 Å². The van der Waals surface area contributed by atoms with Gasteiger partial charge in [0.05, 0.1) is 33.0 Å². The second-order valence-corrected chi connectivity index (χ2v) is 7.36. The number of thiophene rings is 1. The Kier molecular flexibility index (Phi) is 5.20. The Balaban J connectivity index is 2.02. The highest BCUT2D eigenvalue weighted by Gasteiger charge is 2.11. The van der Waals surface area contributed by atoms with E-state index in [0.717, 1.165) is 25.0 Å². The molecule has 3 rings (SSSR count). The fraction of sp³-hybridized carbons (Fsp3) is 0.176. The number of hydrogen-bond donors (Lipinski definition) is 1. The van der Waals surface area contributed by atoms with Crippen molar-refractivity contribution < 1.29 is 9.47 Å². The lowest BCUT2D eigenvalue weighted by Crippen LogP contribution is -2.05. The molecule has 0 aliphatic rings. The number of methoxy groups -OCH3 is 1. The Hall–Kier alpha value is -2.27. The second kappa shape index (κ2) is 7.53. The van der Waals surface area contributed by atoms with Gasteiger partial charge in [0.25, 0.3) is 0 Å². The number of nitrogen functional groups attached to an aromatic ring is 1. The number of nitrogens with zero attached hydrogens (tertiary/aromatic N) is 2. The first-order valence-electron chi connectivity index (χ1n) is 7.19. The van der Waals surface area contributed by atoms with E-state index < -0.39 is 0 Å². The van der Waals surface area contributed by atoms with Crippen LogP contribution in [0.2, 0.25) is 0 Å². The SMILES string of the molecule is COCCOc1cc(Sc2ccc(N)s2)c2cc(C#N)ccc2n1. The van der Waals surface area contributed by atoms with E-state index in [-0.39, 0.29) is 0 Å². The summed E-state index contributed by atoms with van der Waals surface area (Å²) in [5.41, 5.74) is 7.20. The molecule has 0 spiro atoms. The number of aromatic nitrogens is 1. The van der Waals surface area contributed by atoms with E-state index in [1.807, 2.05) is 30.3 Å². The number of pyridine rings is 1. The minimum Gasteiger partial charge on any atom is -0.475 e. The summed E-state index contributed by atoms with van der Waals surface area (Å²) in [7, 11) is 1.63. The zero-order chi connectivity index (χ0) is 16.9. The van der Waals surface area contributed by atoms with Crippen LogP contribution in [0.25, 0.3) is 10.9 Å². The van der Waals surface area contributed by atoms with Gasteiger partial charge in [0.2, 0.25) is 5.88 Å². The van der Waals surface area contributed by atoms with Crippen molar-refractivity contribution in [2.75, 3.05) is 26.1 Å². The molecular weight excluding hydrogens is 342 g/mol. The van der Waals surface area contributed by atoms with Gasteiger partial charge < -0.3 is 15.2 Å². The van der Waals surface area contributed by atoms with Crippen LogP contribution in [0.1, 0.15) is 5.56 Å². The maximum absolute atomic E-state index is 9.15. The molecule has 3 aromatic rings. The molecule has 2 heterocycles. The third kappa shape index (κ3) is 3.79. The smallest absolute Gasteiger partial charge is 0.215 e. The lowest BCUT2D eigenvalue weighted by atomic mass is 10.1. The predicted octanol–water partition coefficient (Wildman–Crippen LogP) is 3.93. The van der Waals surface area contributed by atoms with Crippen molar-refractivity contribution in [2.24, 2.45) is 0 Å². The van der Waals surface area contributed by atoms with E-state index in [1.54, 1.807) is 24.9 Å². The Labute approximate surface area is 148 Å². The van der Waals surface area contributed by atoms with Crippen LogP contribution in [0, 0.1) is 11.3 Å². The van der Waals surface area contributed by atoms with E-state index in [0.29, 0.717) is 24.7 Å². The van der Waals surface area contributed by atoms with E-state index in [1.165, 1.54) is 11.3 Å². The summed E-state index contributed by atoms with van der Waals surface area (Å²) in [6.45, 7) is 0.929.